The zero-order valence-corrected chi connectivity index (χ0v) is 11.6. The Bertz CT molecular complexity index is 377. The van der Waals surface area contributed by atoms with Crippen molar-refractivity contribution in [1.29, 1.82) is 0 Å². The van der Waals surface area contributed by atoms with E-state index in [1.807, 2.05) is 43.0 Å². The second-order valence-electron chi connectivity index (χ2n) is 4.33. The van der Waals surface area contributed by atoms with E-state index in [0.29, 0.717) is 19.6 Å². The fourth-order valence-electron chi connectivity index (χ4n) is 1.86. The van der Waals surface area contributed by atoms with Gasteiger partial charge in [0, 0.05) is 18.8 Å². The molecule has 0 spiro atoms. The Morgan fingerprint density at radius 2 is 2.11 bits per heavy atom. The first-order chi connectivity index (χ1) is 8.69. The number of rotatable bonds is 7. The van der Waals surface area contributed by atoms with E-state index in [4.69, 9.17) is 4.74 Å². The number of amides is 1. The van der Waals surface area contributed by atoms with E-state index in [0.717, 1.165) is 18.7 Å². The summed E-state index contributed by atoms with van der Waals surface area (Å²) in [6, 6.07) is 8.07. The van der Waals surface area contributed by atoms with Crippen molar-refractivity contribution in [3.05, 3.63) is 29.8 Å². The number of anilines is 1. The summed E-state index contributed by atoms with van der Waals surface area (Å²) in [5, 5.41) is 0. The predicted molar refractivity (Wildman–Crippen MR) is 74.9 cm³/mol. The lowest BCUT2D eigenvalue weighted by molar-refractivity contribution is -0.119. The Morgan fingerprint density at radius 1 is 1.33 bits per heavy atom. The van der Waals surface area contributed by atoms with Crippen LogP contribution in [0.5, 0.6) is 0 Å². The summed E-state index contributed by atoms with van der Waals surface area (Å²) in [5.74, 6) is 0.135. The van der Waals surface area contributed by atoms with Gasteiger partial charge in [-0.2, -0.15) is 0 Å². The molecule has 0 atom stereocenters. The molecule has 3 heteroatoms. The second-order valence-corrected chi connectivity index (χ2v) is 4.33. The minimum absolute atomic E-state index is 0.135. The number of carbonyl (C=O) groups excluding carboxylic acids is 1. The Morgan fingerprint density at radius 3 is 2.72 bits per heavy atom. The average Bonchev–Trinajstić information content (AvgIpc) is 2.36. The van der Waals surface area contributed by atoms with Gasteiger partial charge in [-0.05, 0) is 38.0 Å². The van der Waals surface area contributed by atoms with Gasteiger partial charge in [-0.25, -0.2) is 0 Å². The van der Waals surface area contributed by atoms with Crippen LogP contribution in [0.2, 0.25) is 0 Å². The minimum atomic E-state index is 0.135. The van der Waals surface area contributed by atoms with Gasteiger partial charge in [0.1, 0.15) is 0 Å². The molecule has 0 N–H and O–H groups in total. The first-order valence-corrected chi connectivity index (χ1v) is 6.63. The fraction of sp³-hybridized carbons (Fsp3) is 0.533. The van der Waals surface area contributed by atoms with E-state index in [1.54, 1.807) is 0 Å². The summed E-state index contributed by atoms with van der Waals surface area (Å²) in [7, 11) is 0. The molecular weight excluding hydrogens is 226 g/mol. The maximum absolute atomic E-state index is 12.2. The molecule has 0 saturated carbocycles. The quantitative estimate of drug-likeness (QED) is 0.695. The number of hydrogen-bond acceptors (Lipinski definition) is 2. The number of aryl methyl sites for hydroxylation is 1. The van der Waals surface area contributed by atoms with Crippen LogP contribution in [-0.4, -0.2) is 25.7 Å². The van der Waals surface area contributed by atoms with Crippen LogP contribution in [0.4, 0.5) is 5.69 Å². The summed E-state index contributed by atoms with van der Waals surface area (Å²) < 4.78 is 5.24. The van der Waals surface area contributed by atoms with Crippen molar-refractivity contribution in [2.24, 2.45) is 0 Å². The third kappa shape index (κ3) is 4.49. The molecule has 0 unspecified atom stereocenters. The largest absolute Gasteiger partial charge is 0.381 e. The van der Waals surface area contributed by atoms with Crippen LogP contribution in [0, 0.1) is 6.92 Å². The van der Waals surface area contributed by atoms with Crippen molar-refractivity contribution in [2.45, 2.75) is 33.6 Å². The number of carbonyl (C=O) groups is 1. The zero-order chi connectivity index (χ0) is 13.4. The number of benzene rings is 1. The van der Waals surface area contributed by atoms with Crippen LogP contribution in [0.3, 0.4) is 0 Å². The van der Waals surface area contributed by atoms with Gasteiger partial charge < -0.3 is 9.64 Å². The van der Waals surface area contributed by atoms with Crippen LogP contribution in [0.25, 0.3) is 0 Å². The molecule has 1 aromatic rings. The molecule has 0 saturated heterocycles. The molecule has 1 aromatic carbocycles. The third-order valence-corrected chi connectivity index (χ3v) is 2.73. The average molecular weight is 249 g/mol. The predicted octanol–water partition coefficient (Wildman–Crippen LogP) is 3.16. The Kier molecular flexibility index (Phi) is 6.44. The Labute approximate surface area is 110 Å². The monoisotopic (exact) mass is 249 g/mol. The molecule has 0 radical (unpaired) electrons. The second kappa shape index (κ2) is 7.88. The molecular formula is C15H23NO2. The highest BCUT2D eigenvalue weighted by Crippen LogP contribution is 2.17. The Hall–Kier alpha value is -1.35. The van der Waals surface area contributed by atoms with Gasteiger partial charge in [0.2, 0.25) is 5.91 Å². The molecule has 0 aliphatic carbocycles. The van der Waals surface area contributed by atoms with E-state index >= 15 is 0 Å². The van der Waals surface area contributed by atoms with Gasteiger partial charge in [0.05, 0.1) is 13.0 Å². The smallest absolute Gasteiger partial charge is 0.229 e. The van der Waals surface area contributed by atoms with Crippen LogP contribution in [0.15, 0.2) is 24.3 Å². The topological polar surface area (TPSA) is 29.5 Å². The summed E-state index contributed by atoms with van der Waals surface area (Å²) in [4.78, 5) is 14.0. The van der Waals surface area contributed by atoms with Gasteiger partial charge in [-0.15, -0.1) is 0 Å². The summed E-state index contributed by atoms with van der Waals surface area (Å²) in [6.45, 7) is 7.98. The first-order valence-electron chi connectivity index (χ1n) is 6.63. The van der Waals surface area contributed by atoms with Crippen molar-refractivity contribution in [3.63, 3.8) is 0 Å². The van der Waals surface area contributed by atoms with Crippen LogP contribution >= 0.6 is 0 Å². The lowest BCUT2D eigenvalue weighted by Gasteiger charge is -2.22. The van der Waals surface area contributed by atoms with E-state index in [2.05, 4.69) is 6.92 Å². The van der Waals surface area contributed by atoms with E-state index in [-0.39, 0.29) is 5.91 Å². The fourth-order valence-corrected chi connectivity index (χ4v) is 1.86. The van der Waals surface area contributed by atoms with Crippen LogP contribution in [-0.2, 0) is 9.53 Å². The molecule has 0 aromatic heterocycles. The van der Waals surface area contributed by atoms with Gasteiger partial charge in [0.25, 0.3) is 0 Å². The van der Waals surface area contributed by atoms with Crippen molar-refractivity contribution in [1.82, 2.24) is 0 Å². The lowest BCUT2D eigenvalue weighted by atomic mass is 10.2. The van der Waals surface area contributed by atoms with Gasteiger partial charge in [-0.3, -0.25) is 4.79 Å². The highest BCUT2D eigenvalue weighted by Gasteiger charge is 2.14. The molecule has 3 nitrogen and oxygen atoms in total. The normalized spacial score (nSPS) is 10.4. The summed E-state index contributed by atoms with van der Waals surface area (Å²) in [6.07, 6.45) is 1.40. The van der Waals surface area contributed by atoms with Crippen molar-refractivity contribution >= 4 is 11.6 Å². The molecule has 1 amide bonds. The Balaban J connectivity index is 2.72. The van der Waals surface area contributed by atoms with Crippen LogP contribution < -0.4 is 4.90 Å². The standard InChI is InChI=1S/C15H23NO2/c1-4-10-16(15(17)9-11-18-5-2)14-8-6-7-13(3)12-14/h6-8,12H,4-5,9-11H2,1-3H3. The van der Waals surface area contributed by atoms with Gasteiger partial charge in [-0.1, -0.05) is 19.1 Å². The number of nitrogens with zero attached hydrogens (tertiary/aromatic N) is 1. The maximum Gasteiger partial charge on any atom is 0.229 e. The molecule has 0 fully saturated rings. The minimum Gasteiger partial charge on any atom is -0.381 e. The molecule has 1 rings (SSSR count). The SMILES string of the molecule is CCCN(C(=O)CCOCC)c1cccc(C)c1. The highest BCUT2D eigenvalue weighted by molar-refractivity contribution is 5.93. The van der Waals surface area contributed by atoms with E-state index in [1.165, 1.54) is 5.56 Å². The maximum atomic E-state index is 12.2. The summed E-state index contributed by atoms with van der Waals surface area (Å²) >= 11 is 0. The van der Waals surface area contributed by atoms with Crippen LogP contribution in [0.1, 0.15) is 32.3 Å². The molecule has 0 bridgehead atoms. The molecule has 0 heterocycles. The molecule has 0 aliphatic heterocycles. The molecule has 18 heavy (non-hydrogen) atoms. The van der Waals surface area contributed by atoms with E-state index < -0.39 is 0 Å². The summed E-state index contributed by atoms with van der Waals surface area (Å²) in [5.41, 5.74) is 2.16. The molecule has 0 aliphatic rings. The molecule has 100 valence electrons. The number of hydrogen-bond donors (Lipinski definition) is 0. The van der Waals surface area contributed by atoms with Crippen molar-refractivity contribution in [2.75, 3.05) is 24.7 Å². The number of ether oxygens (including phenoxy) is 1. The highest BCUT2D eigenvalue weighted by atomic mass is 16.5. The van der Waals surface area contributed by atoms with Gasteiger partial charge >= 0.3 is 0 Å². The third-order valence-electron chi connectivity index (χ3n) is 2.73. The van der Waals surface area contributed by atoms with Gasteiger partial charge in [0.15, 0.2) is 0 Å². The first kappa shape index (κ1) is 14.7. The zero-order valence-electron chi connectivity index (χ0n) is 11.6. The van der Waals surface area contributed by atoms with Crippen molar-refractivity contribution in [3.8, 4) is 0 Å². The lowest BCUT2D eigenvalue weighted by Crippen LogP contribution is -2.32. The van der Waals surface area contributed by atoms with E-state index in [9.17, 15) is 4.79 Å². The van der Waals surface area contributed by atoms with Crippen molar-refractivity contribution < 1.29 is 9.53 Å².